The number of hydrogen-bond donors (Lipinski definition) is 1. The molecule has 0 radical (unpaired) electrons. The van der Waals surface area contributed by atoms with Gasteiger partial charge in [0.2, 0.25) is 5.91 Å². The zero-order valence-electron chi connectivity index (χ0n) is 15.1. The summed E-state index contributed by atoms with van der Waals surface area (Å²) in [6.45, 7) is 7.86. The predicted molar refractivity (Wildman–Crippen MR) is 90.7 cm³/mol. The molecule has 0 spiro atoms. The summed E-state index contributed by atoms with van der Waals surface area (Å²) in [4.78, 5) is 26.6. The van der Waals surface area contributed by atoms with E-state index >= 15 is 0 Å². The summed E-state index contributed by atoms with van der Waals surface area (Å²) in [5.74, 6) is 1.06. The van der Waals surface area contributed by atoms with E-state index in [1.807, 2.05) is 27.9 Å². The average molecular weight is 310 g/mol. The van der Waals surface area contributed by atoms with Crippen LogP contribution >= 0.6 is 0 Å². The SMILES string of the molecule is CCC(CC(C)(C)C(=O)NCCCN(C)C)C1CCCC1=O. The van der Waals surface area contributed by atoms with Gasteiger partial charge in [0.15, 0.2) is 0 Å². The third-order valence-electron chi connectivity index (χ3n) is 4.90. The number of nitrogens with one attached hydrogen (secondary N) is 1. The van der Waals surface area contributed by atoms with E-state index in [9.17, 15) is 9.59 Å². The van der Waals surface area contributed by atoms with Gasteiger partial charge in [0, 0.05) is 24.3 Å². The van der Waals surface area contributed by atoms with Crippen LogP contribution in [0.25, 0.3) is 0 Å². The Labute approximate surface area is 136 Å². The predicted octanol–water partition coefficient (Wildman–Crippen LogP) is 2.87. The maximum Gasteiger partial charge on any atom is 0.225 e. The number of carbonyl (C=O) groups is 2. The topological polar surface area (TPSA) is 49.4 Å². The van der Waals surface area contributed by atoms with Gasteiger partial charge in [-0.05, 0) is 52.2 Å². The molecule has 128 valence electrons. The number of nitrogens with zero attached hydrogens (tertiary/aromatic N) is 1. The summed E-state index contributed by atoms with van der Waals surface area (Å²) in [5, 5.41) is 3.06. The van der Waals surface area contributed by atoms with Crippen LogP contribution in [0.1, 0.15) is 59.3 Å². The van der Waals surface area contributed by atoms with Crippen LogP contribution in [0.5, 0.6) is 0 Å². The third-order valence-corrected chi connectivity index (χ3v) is 4.90. The van der Waals surface area contributed by atoms with E-state index in [1.54, 1.807) is 0 Å². The van der Waals surface area contributed by atoms with E-state index < -0.39 is 5.41 Å². The number of ketones is 1. The van der Waals surface area contributed by atoms with Crippen molar-refractivity contribution in [1.82, 2.24) is 10.2 Å². The molecule has 22 heavy (non-hydrogen) atoms. The molecule has 1 aliphatic rings. The maximum absolute atomic E-state index is 12.4. The van der Waals surface area contributed by atoms with E-state index in [4.69, 9.17) is 0 Å². The molecular formula is C18H34N2O2. The van der Waals surface area contributed by atoms with Gasteiger partial charge in [0.05, 0.1) is 0 Å². The Morgan fingerprint density at radius 1 is 1.41 bits per heavy atom. The molecule has 4 heteroatoms. The summed E-state index contributed by atoms with van der Waals surface area (Å²) in [7, 11) is 4.08. The van der Waals surface area contributed by atoms with Gasteiger partial charge in [-0.1, -0.05) is 27.2 Å². The van der Waals surface area contributed by atoms with E-state index in [0.29, 0.717) is 11.7 Å². The highest BCUT2D eigenvalue weighted by Crippen LogP contribution is 2.37. The smallest absolute Gasteiger partial charge is 0.225 e. The van der Waals surface area contributed by atoms with Crippen molar-refractivity contribution >= 4 is 11.7 Å². The minimum Gasteiger partial charge on any atom is -0.356 e. The van der Waals surface area contributed by atoms with Crippen molar-refractivity contribution in [2.24, 2.45) is 17.3 Å². The molecular weight excluding hydrogens is 276 g/mol. The molecule has 1 saturated carbocycles. The molecule has 1 fully saturated rings. The Balaban J connectivity index is 2.49. The highest BCUT2D eigenvalue weighted by molar-refractivity contribution is 5.84. The van der Waals surface area contributed by atoms with Crippen LogP contribution in [0, 0.1) is 17.3 Å². The van der Waals surface area contributed by atoms with Crippen LogP contribution in [-0.2, 0) is 9.59 Å². The second-order valence-electron chi connectivity index (χ2n) is 7.63. The van der Waals surface area contributed by atoms with Crippen molar-refractivity contribution in [2.45, 2.75) is 59.3 Å². The average Bonchev–Trinajstić information content (AvgIpc) is 2.86. The molecule has 0 aromatic heterocycles. The number of hydrogen-bond acceptors (Lipinski definition) is 3. The summed E-state index contributed by atoms with van der Waals surface area (Å²) < 4.78 is 0. The van der Waals surface area contributed by atoms with E-state index in [0.717, 1.165) is 51.6 Å². The Bertz CT molecular complexity index is 377. The van der Waals surface area contributed by atoms with Crippen LogP contribution in [-0.4, -0.2) is 43.8 Å². The lowest BCUT2D eigenvalue weighted by Gasteiger charge is -2.31. The van der Waals surface area contributed by atoms with Crippen molar-refractivity contribution in [2.75, 3.05) is 27.2 Å². The van der Waals surface area contributed by atoms with E-state index in [1.165, 1.54) is 0 Å². The standard InChI is InChI=1S/C18H34N2O2/c1-6-14(15-9-7-10-16(15)21)13-18(2,3)17(22)19-11-8-12-20(4)5/h14-15H,6-13H2,1-5H3,(H,19,22). The Morgan fingerprint density at radius 3 is 2.59 bits per heavy atom. The summed E-state index contributed by atoms with van der Waals surface area (Å²) in [6.07, 6.45) is 5.52. The monoisotopic (exact) mass is 310 g/mol. The largest absolute Gasteiger partial charge is 0.356 e. The minimum atomic E-state index is -0.401. The quantitative estimate of drug-likeness (QED) is 0.666. The third kappa shape index (κ3) is 5.71. The molecule has 0 bridgehead atoms. The fourth-order valence-corrected chi connectivity index (χ4v) is 3.50. The Kier molecular flexibility index (Phi) is 7.54. The van der Waals surface area contributed by atoms with Crippen LogP contribution in [0.2, 0.25) is 0 Å². The van der Waals surface area contributed by atoms with Crippen molar-refractivity contribution < 1.29 is 9.59 Å². The Morgan fingerprint density at radius 2 is 2.09 bits per heavy atom. The van der Waals surface area contributed by atoms with Gasteiger partial charge in [0.25, 0.3) is 0 Å². The Hall–Kier alpha value is -0.900. The van der Waals surface area contributed by atoms with Gasteiger partial charge >= 0.3 is 0 Å². The fraction of sp³-hybridized carbons (Fsp3) is 0.889. The molecule has 2 atom stereocenters. The molecule has 0 aromatic rings. The van der Waals surface area contributed by atoms with Gasteiger partial charge in [-0.25, -0.2) is 0 Å². The summed E-state index contributed by atoms with van der Waals surface area (Å²) >= 11 is 0. The molecule has 1 rings (SSSR count). The fourth-order valence-electron chi connectivity index (χ4n) is 3.50. The number of rotatable bonds is 9. The van der Waals surface area contributed by atoms with Crippen LogP contribution in [0.3, 0.4) is 0 Å². The van der Waals surface area contributed by atoms with E-state index in [2.05, 4.69) is 17.1 Å². The first-order valence-corrected chi connectivity index (χ1v) is 8.73. The maximum atomic E-state index is 12.4. The van der Waals surface area contributed by atoms with Gasteiger partial charge in [-0.2, -0.15) is 0 Å². The minimum absolute atomic E-state index is 0.121. The first kappa shape index (κ1) is 19.1. The molecule has 2 unspecified atom stereocenters. The first-order chi connectivity index (χ1) is 10.3. The molecule has 0 aromatic carbocycles. The lowest BCUT2D eigenvalue weighted by atomic mass is 9.75. The van der Waals surface area contributed by atoms with Crippen molar-refractivity contribution in [3.05, 3.63) is 0 Å². The number of Topliss-reactive ketones (excluding diaryl/α,β-unsaturated/α-hetero) is 1. The second kappa shape index (κ2) is 8.66. The molecule has 1 aliphatic carbocycles. The highest BCUT2D eigenvalue weighted by atomic mass is 16.2. The van der Waals surface area contributed by atoms with Crippen LogP contribution < -0.4 is 5.32 Å². The first-order valence-electron chi connectivity index (χ1n) is 8.73. The number of carbonyl (C=O) groups excluding carboxylic acids is 2. The van der Waals surface area contributed by atoms with Crippen LogP contribution in [0.15, 0.2) is 0 Å². The van der Waals surface area contributed by atoms with Crippen molar-refractivity contribution in [1.29, 1.82) is 0 Å². The van der Waals surface area contributed by atoms with Gasteiger partial charge in [0.1, 0.15) is 5.78 Å². The number of amides is 1. The van der Waals surface area contributed by atoms with Gasteiger partial charge < -0.3 is 10.2 Å². The zero-order valence-corrected chi connectivity index (χ0v) is 15.1. The summed E-state index contributed by atoms with van der Waals surface area (Å²) in [5.41, 5.74) is -0.401. The molecule has 1 amide bonds. The normalized spacial score (nSPS) is 20.5. The van der Waals surface area contributed by atoms with Gasteiger partial charge in [-0.3, -0.25) is 9.59 Å². The molecule has 4 nitrogen and oxygen atoms in total. The van der Waals surface area contributed by atoms with Crippen molar-refractivity contribution in [3.8, 4) is 0 Å². The lowest BCUT2D eigenvalue weighted by Crippen LogP contribution is -2.40. The lowest BCUT2D eigenvalue weighted by molar-refractivity contribution is -0.131. The molecule has 1 N–H and O–H groups in total. The van der Waals surface area contributed by atoms with E-state index in [-0.39, 0.29) is 11.8 Å². The van der Waals surface area contributed by atoms with Gasteiger partial charge in [-0.15, -0.1) is 0 Å². The summed E-state index contributed by atoms with van der Waals surface area (Å²) in [6, 6.07) is 0. The van der Waals surface area contributed by atoms with Crippen molar-refractivity contribution in [3.63, 3.8) is 0 Å². The molecule has 0 saturated heterocycles. The van der Waals surface area contributed by atoms with Crippen LogP contribution in [0.4, 0.5) is 0 Å². The molecule has 0 heterocycles. The second-order valence-corrected chi connectivity index (χ2v) is 7.63. The zero-order chi connectivity index (χ0) is 16.8. The highest BCUT2D eigenvalue weighted by Gasteiger charge is 2.37. The molecule has 0 aliphatic heterocycles.